The Morgan fingerprint density at radius 2 is 1.82 bits per heavy atom. The van der Waals surface area contributed by atoms with E-state index in [2.05, 4.69) is 5.10 Å². The third kappa shape index (κ3) is 4.97. The average molecular weight is 479 g/mol. The first-order valence-corrected chi connectivity index (χ1v) is 11.8. The van der Waals surface area contributed by atoms with Crippen molar-refractivity contribution in [2.45, 2.75) is 25.8 Å². The summed E-state index contributed by atoms with van der Waals surface area (Å²) in [6, 6.07) is 16.1. The Labute approximate surface area is 202 Å². The van der Waals surface area contributed by atoms with Crippen molar-refractivity contribution < 1.29 is 23.8 Å². The van der Waals surface area contributed by atoms with Crippen LogP contribution < -0.4 is 14.2 Å². The molecule has 8 heteroatoms. The first-order chi connectivity index (χ1) is 16.5. The van der Waals surface area contributed by atoms with Gasteiger partial charge in [0.15, 0.2) is 23.9 Å². The third-order valence-corrected chi connectivity index (χ3v) is 6.54. The van der Waals surface area contributed by atoms with Gasteiger partial charge in [-0.3, -0.25) is 9.59 Å². The molecule has 3 aromatic rings. The number of thiophene rings is 1. The molecule has 1 aliphatic rings. The molecule has 1 aromatic heterocycles. The Kier molecular flexibility index (Phi) is 7.27. The lowest BCUT2D eigenvalue weighted by molar-refractivity contribution is -0.135. The number of ether oxygens (including phenoxy) is 3. The minimum atomic E-state index is -0.294. The zero-order chi connectivity index (χ0) is 24.1. The van der Waals surface area contributed by atoms with E-state index in [4.69, 9.17) is 14.2 Å². The molecule has 0 radical (unpaired) electrons. The smallest absolute Gasteiger partial charge is 0.281 e. The number of nitrogens with zero attached hydrogens (tertiary/aromatic N) is 2. The van der Waals surface area contributed by atoms with E-state index in [1.807, 2.05) is 42.6 Å². The highest BCUT2D eigenvalue weighted by Gasteiger charge is 2.34. The third-order valence-electron chi connectivity index (χ3n) is 5.62. The van der Waals surface area contributed by atoms with Crippen LogP contribution in [0.15, 0.2) is 65.1 Å². The van der Waals surface area contributed by atoms with Crippen LogP contribution in [0.2, 0.25) is 0 Å². The molecule has 1 atom stereocenters. The Balaban J connectivity index is 1.54. The summed E-state index contributed by atoms with van der Waals surface area (Å²) in [5.41, 5.74) is 2.37. The summed E-state index contributed by atoms with van der Waals surface area (Å²) >= 11 is 1.59. The fraction of sp³-hybridized carbons (Fsp3) is 0.269. The second kappa shape index (κ2) is 10.5. The van der Waals surface area contributed by atoms with E-state index in [1.54, 1.807) is 49.8 Å². The number of rotatable bonds is 9. The van der Waals surface area contributed by atoms with E-state index >= 15 is 0 Å². The summed E-state index contributed by atoms with van der Waals surface area (Å²) in [5, 5.41) is 8.14. The second-order valence-corrected chi connectivity index (χ2v) is 8.63. The van der Waals surface area contributed by atoms with Crippen LogP contribution >= 0.6 is 11.3 Å². The van der Waals surface area contributed by atoms with Gasteiger partial charge in [-0.05, 0) is 53.4 Å². The van der Waals surface area contributed by atoms with Gasteiger partial charge in [0.05, 0.1) is 30.9 Å². The number of methoxy groups -OCH3 is 2. The van der Waals surface area contributed by atoms with Gasteiger partial charge in [0.1, 0.15) is 5.75 Å². The number of hydrazone groups is 1. The van der Waals surface area contributed by atoms with Gasteiger partial charge >= 0.3 is 0 Å². The molecule has 176 valence electrons. The molecule has 0 fully saturated rings. The van der Waals surface area contributed by atoms with Crippen LogP contribution in [-0.2, 0) is 4.79 Å². The highest BCUT2D eigenvalue weighted by Crippen LogP contribution is 2.38. The van der Waals surface area contributed by atoms with Crippen molar-refractivity contribution in [3.63, 3.8) is 0 Å². The molecular formula is C26H26N2O5S. The fourth-order valence-electron chi connectivity index (χ4n) is 3.80. The minimum Gasteiger partial charge on any atom is -0.493 e. The number of carbonyl (C=O) groups is 2. The molecule has 0 N–H and O–H groups in total. The van der Waals surface area contributed by atoms with Crippen molar-refractivity contribution in [2.24, 2.45) is 5.10 Å². The first-order valence-electron chi connectivity index (χ1n) is 11.0. The normalized spacial score (nSPS) is 15.1. The molecule has 0 saturated heterocycles. The Bertz CT molecular complexity index is 1190. The highest BCUT2D eigenvalue weighted by molar-refractivity contribution is 7.12. The summed E-state index contributed by atoms with van der Waals surface area (Å²) < 4.78 is 16.5. The van der Waals surface area contributed by atoms with E-state index in [1.165, 1.54) is 5.01 Å². The van der Waals surface area contributed by atoms with Gasteiger partial charge in [-0.1, -0.05) is 19.1 Å². The van der Waals surface area contributed by atoms with Crippen molar-refractivity contribution in [3.05, 3.63) is 76.0 Å². The molecule has 7 nitrogen and oxygen atoms in total. The average Bonchev–Trinajstić information content (AvgIpc) is 3.57. The molecule has 1 amide bonds. The molecular weight excluding hydrogens is 452 g/mol. The quantitative estimate of drug-likeness (QED) is 0.399. The predicted octanol–water partition coefficient (Wildman–Crippen LogP) is 5.11. The number of hydrogen-bond acceptors (Lipinski definition) is 7. The van der Waals surface area contributed by atoms with Gasteiger partial charge in [-0.25, -0.2) is 5.01 Å². The van der Waals surface area contributed by atoms with E-state index in [-0.39, 0.29) is 24.3 Å². The summed E-state index contributed by atoms with van der Waals surface area (Å²) in [6.45, 7) is 1.65. The van der Waals surface area contributed by atoms with Crippen molar-refractivity contribution in [3.8, 4) is 17.2 Å². The van der Waals surface area contributed by atoms with Crippen LogP contribution in [0, 0.1) is 0 Å². The molecule has 0 saturated carbocycles. The van der Waals surface area contributed by atoms with E-state index < -0.39 is 0 Å². The van der Waals surface area contributed by atoms with Gasteiger partial charge in [0, 0.05) is 18.4 Å². The monoisotopic (exact) mass is 478 g/mol. The van der Waals surface area contributed by atoms with Crippen molar-refractivity contribution in [1.29, 1.82) is 0 Å². The second-order valence-electron chi connectivity index (χ2n) is 7.69. The maximum atomic E-state index is 13.2. The zero-order valence-electron chi connectivity index (χ0n) is 19.3. The number of benzene rings is 2. The van der Waals surface area contributed by atoms with Gasteiger partial charge in [0.2, 0.25) is 0 Å². The molecule has 0 bridgehead atoms. The molecule has 2 aromatic carbocycles. The van der Waals surface area contributed by atoms with Crippen molar-refractivity contribution in [2.75, 3.05) is 20.8 Å². The van der Waals surface area contributed by atoms with E-state index in [0.717, 1.165) is 16.2 Å². The van der Waals surface area contributed by atoms with Crippen LogP contribution in [0.5, 0.6) is 17.2 Å². The van der Waals surface area contributed by atoms with Crippen LogP contribution in [-0.4, -0.2) is 43.2 Å². The summed E-state index contributed by atoms with van der Waals surface area (Å²) in [4.78, 5) is 26.0. The minimum absolute atomic E-state index is 0.0629. The van der Waals surface area contributed by atoms with Gasteiger partial charge in [-0.15, -0.1) is 11.3 Å². The molecule has 2 heterocycles. The molecule has 34 heavy (non-hydrogen) atoms. The molecule has 0 spiro atoms. The lowest BCUT2D eigenvalue weighted by Crippen LogP contribution is -2.31. The lowest BCUT2D eigenvalue weighted by Gasteiger charge is -2.23. The Morgan fingerprint density at radius 1 is 1.06 bits per heavy atom. The van der Waals surface area contributed by atoms with E-state index in [9.17, 15) is 9.59 Å². The van der Waals surface area contributed by atoms with Gasteiger partial charge in [-0.2, -0.15) is 5.10 Å². The largest absolute Gasteiger partial charge is 0.493 e. The topological polar surface area (TPSA) is 77.4 Å². The zero-order valence-corrected chi connectivity index (χ0v) is 20.1. The first kappa shape index (κ1) is 23.5. The predicted molar refractivity (Wildman–Crippen MR) is 131 cm³/mol. The number of Topliss-reactive ketones (excluding diaryl/α,β-unsaturated/α-hetero) is 1. The molecule has 4 rings (SSSR count). The highest BCUT2D eigenvalue weighted by atomic mass is 32.1. The molecule has 0 unspecified atom stereocenters. The number of ketones is 1. The lowest BCUT2D eigenvalue weighted by atomic mass is 10.0. The van der Waals surface area contributed by atoms with Crippen molar-refractivity contribution >= 4 is 28.7 Å². The summed E-state index contributed by atoms with van der Waals surface area (Å²) in [5.74, 6) is 1.53. The van der Waals surface area contributed by atoms with Crippen LogP contribution in [0.1, 0.15) is 46.6 Å². The Hall–Kier alpha value is -3.65. The summed E-state index contributed by atoms with van der Waals surface area (Å²) in [7, 11) is 3.17. The molecule has 0 aliphatic carbocycles. The van der Waals surface area contributed by atoms with Gasteiger partial charge < -0.3 is 14.2 Å². The fourth-order valence-corrected chi connectivity index (χ4v) is 4.52. The van der Waals surface area contributed by atoms with Crippen molar-refractivity contribution in [1.82, 2.24) is 5.01 Å². The number of amides is 1. The van der Waals surface area contributed by atoms with E-state index in [0.29, 0.717) is 35.7 Å². The SMILES string of the molecule is CCC(=O)c1ccc(OCC(=O)N2N=C(c3cccs3)C[C@H]2c2ccc(OC)c(OC)c2)cc1. The number of hydrogen-bond donors (Lipinski definition) is 0. The van der Waals surface area contributed by atoms with Crippen LogP contribution in [0.25, 0.3) is 0 Å². The Morgan fingerprint density at radius 3 is 2.47 bits per heavy atom. The van der Waals surface area contributed by atoms with Crippen LogP contribution in [0.3, 0.4) is 0 Å². The summed E-state index contributed by atoms with van der Waals surface area (Å²) in [6.07, 6.45) is 1.02. The molecule has 1 aliphatic heterocycles. The maximum absolute atomic E-state index is 13.2. The van der Waals surface area contributed by atoms with Crippen LogP contribution in [0.4, 0.5) is 0 Å². The van der Waals surface area contributed by atoms with Gasteiger partial charge in [0.25, 0.3) is 5.91 Å². The maximum Gasteiger partial charge on any atom is 0.281 e. The number of carbonyl (C=O) groups excluding carboxylic acids is 2. The standard InChI is InChI=1S/C26H26N2O5S/c1-4-22(29)17-7-10-19(11-8-17)33-16-26(30)28-21(15-20(27-28)25-6-5-13-34-25)18-9-12-23(31-2)24(14-18)32-3/h5-14,21H,4,15-16H2,1-3H3/t21-/m0/s1.